The van der Waals surface area contributed by atoms with Crippen LogP contribution in [0.25, 0.3) is 11.0 Å². The molecule has 1 aromatic carbocycles. The highest BCUT2D eigenvalue weighted by atomic mass is 79.9. The van der Waals surface area contributed by atoms with Gasteiger partial charge in [0.05, 0.1) is 29.1 Å². The van der Waals surface area contributed by atoms with Crippen LogP contribution < -0.4 is 0 Å². The Morgan fingerprint density at radius 3 is 2.79 bits per heavy atom. The maximum Gasteiger partial charge on any atom is 0.127 e. The van der Waals surface area contributed by atoms with Crippen molar-refractivity contribution in [1.82, 2.24) is 9.55 Å². The number of rotatable bonds is 5. The molecular weight excluding hydrogens is 328 g/mol. The molecule has 1 heterocycles. The quantitative estimate of drug-likeness (QED) is 0.745. The number of imidazole rings is 1. The Morgan fingerprint density at radius 1 is 1.42 bits per heavy atom. The molecule has 5 heteroatoms. The molecule has 2 atom stereocenters. The topological polar surface area (TPSA) is 27.1 Å². The molecule has 0 amide bonds. The monoisotopic (exact) mass is 344 g/mol. The van der Waals surface area contributed by atoms with E-state index < -0.39 is 0 Å². The van der Waals surface area contributed by atoms with Gasteiger partial charge in [-0.25, -0.2) is 4.98 Å². The highest BCUT2D eigenvalue weighted by Gasteiger charge is 2.16. The minimum absolute atomic E-state index is 0.125. The van der Waals surface area contributed by atoms with Gasteiger partial charge in [0.1, 0.15) is 5.82 Å². The van der Waals surface area contributed by atoms with Crippen molar-refractivity contribution in [1.29, 1.82) is 0 Å². The summed E-state index contributed by atoms with van der Waals surface area (Å²) < 4.78 is 8.80. The molecule has 2 unspecified atom stereocenters. The lowest BCUT2D eigenvalue weighted by molar-refractivity contribution is 0.0642. The van der Waals surface area contributed by atoms with E-state index in [1.165, 1.54) is 0 Å². The van der Waals surface area contributed by atoms with E-state index in [9.17, 15) is 0 Å². The van der Waals surface area contributed by atoms with Crippen LogP contribution in [-0.2, 0) is 11.3 Å². The molecular formula is C14H18BrClN2O. The Bertz CT molecular complexity index is 568. The van der Waals surface area contributed by atoms with Gasteiger partial charge < -0.3 is 9.30 Å². The third-order valence-corrected chi connectivity index (χ3v) is 3.67. The maximum absolute atomic E-state index is 6.24. The van der Waals surface area contributed by atoms with Gasteiger partial charge in [0.25, 0.3) is 0 Å². The molecule has 0 radical (unpaired) electrons. The van der Waals surface area contributed by atoms with E-state index in [1.807, 2.05) is 26.0 Å². The van der Waals surface area contributed by atoms with Crippen molar-refractivity contribution < 1.29 is 4.74 Å². The number of nitrogens with zero attached hydrogens (tertiary/aromatic N) is 2. The van der Waals surface area contributed by atoms with E-state index in [1.54, 1.807) is 0 Å². The molecule has 2 aromatic rings. The smallest absolute Gasteiger partial charge is 0.127 e. The van der Waals surface area contributed by atoms with Gasteiger partial charge in [-0.1, -0.05) is 15.9 Å². The lowest BCUT2D eigenvalue weighted by Crippen LogP contribution is -2.18. The normalized spacial score (nSPS) is 14.8. The van der Waals surface area contributed by atoms with E-state index in [4.69, 9.17) is 16.3 Å². The van der Waals surface area contributed by atoms with Crippen molar-refractivity contribution in [2.45, 2.75) is 38.8 Å². The second kappa shape index (κ2) is 6.25. The molecule has 2 rings (SSSR count). The van der Waals surface area contributed by atoms with Gasteiger partial charge in [0.15, 0.2) is 0 Å². The molecule has 0 aliphatic carbocycles. The molecule has 1 aromatic heterocycles. The number of alkyl halides is 1. The number of ether oxygens (including phenoxy) is 1. The summed E-state index contributed by atoms with van der Waals surface area (Å²) in [5.41, 5.74) is 2.05. The fourth-order valence-electron chi connectivity index (χ4n) is 2.21. The lowest BCUT2D eigenvalue weighted by Gasteiger charge is -2.16. The van der Waals surface area contributed by atoms with Crippen molar-refractivity contribution in [3.8, 4) is 0 Å². The zero-order valence-corrected chi connectivity index (χ0v) is 13.7. The minimum atomic E-state index is -0.125. The highest BCUT2D eigenvalue weighted by molar-refractivity contribution is 9.10. The number of fused-ring (bicyclic) bond motifs is 1. The van der Waals surface area contributed by atoms with Gasteiger partial charge in [-0.2, -0.15) is 0 Å². The molecule has 0 saturated carbocycles. The van der Waals surface area contributed by atoms with E-state index in [2.05, 4.69) is 38.5 Å². The Morgan fingerprint density at radius 2 is 2.16 bits per heavy atom. The molecule has 104 valence electrons. The van der Waals surface area contributed by atoms with Gasteiger partial charge in [-0.15, -0.1) is 11.6 Å². The Balaban J connectivity index is 2.46. The SMILES string of the molecule is CCOC(C)Cn1c(C(C)Cl)nc2cc(Br)ccc21. The van der Waals surface area contributed by atoms with Gasteiger partial charge in [0.2, 0.25) is 0 Å². The Kier molecular flexibility index (Phi) is 4.87. The molecule has 3 nitrogen and oxygen atoms in total. The van der Waals surface area contributed by atoms with Crippen LogP contribution >= 0.6 is 27.5 Å². The van der Waals surface area contributed by atoms with Gasteiger partial charge >= 0.3 is 0 Å². The van der Waals surface area contributed by atoms with Crippen molar-refractivity contribution >= 4 is 38.6 Å². The number of benzene rings is 1. The summed E-state index contributed by atoms with van der Waals surface area (Å²) in [6.45, 7) is 7.49. The Hall–Kier alpha value is -0.580. The molecule has 19 heavy (non-hydrogen) atoms. The summed E-state index contributed by atoms with van der Waals surface area (Å²) >= 11 is 9.72. The fourth-order valence-corrected chi connectivity index (χ4v) is 2.73. The number of halogens is 2. The second-order valence-electron chi connectivity index (χ2n) is 4.60. The molecule has 0 aliphatic rings. The average Bonchev–Trinajstić information content (AvgIpc) is 2.67. The van der Waals surface area contributed by atoms with Crippen molar-refractivity contribution in [3.05, 3.63) is 28.5 Å². The molecule has 0 saturated heterocycles. The van der Waals surface area contributed by atoms with Crippen LogP contribution in [0.1, 0.15) is 32.0 Å². The fraction of sp³-hybridized carbons (Fsp3) is 0.500. The molecule has 0 fully saturated rings. The summed E-state index contributed by atoms with van der Waals surface area (Å²) in [6, 6.07) is 6.10. The maximum atomic E-state index is 6.24. The number of aromatic nitrogens is 2. The van der Waals surface area contributed by atoms with Crippen molar-refractivity contribution in [2.75, 3.05) is 6.61 Å². The van der Waals surface area contributed by atoms with Gasteiger partial charge in [0, 0.05) is 11.1 Å². The zero-order chi connectivity index (χ0) is 14.0. The van der Waals surface area contributed by atoms with E-state index in [0.29, 0.717) is 6.61 Å². The van der Waals surface area contributed by atoms with E-state index in [0.717, 1.165) is 27.9 Å². The van der Waals surface area contributed by atoms with Crippen molar-refractivity contribution in [2.24, 2.45) is 0 Å². The van der Waals surface area contributed by atoms with Crippen LogP contribution in [0.4, 0.5) is 0 Å². The van der Waals surface area contributed by atoms with E-state index >= 15 is 0 Å². The third kappa shape index (κ3) is 3.30. The van der Waals surface area contributed by atoms with Crippen LogP contribution in [0.5, 0.6) is 0 Å². The van der Waals surface area contributed by atoms with Crippen LogP contribution in [0.2, 0.25) is 0 Å². The predicted octanol–water partition coefficient (Wildman–Crippen LogP) is 4.52. The lowest BCUT2D eigenvalue weighted by atomic mass is 10.3. The number of hydrogen-bond donors (Lipinski definition) is 0. The molecule has 0 spiro atoms. The first-order valence-electron chi connectivity index (χ1n) is 6.44. The van der Waals surface area contributed by atoms with Crippen LogP contribution in [0.3, 0.4) is 0 Å². The minimum Gasteiger partial charge on any atom is -0.377 e. The first kappa shape index (κ1) is 14.8. The van der Waals surface area contributed by atoms with Gasteiger partial charge in [-0.3, -0.25) is 0 Å². The largest absolute Gasteiger partial charge is 0.377 e. The summed E-state index contributed by atoms with van der Waals surface area (Å²) in [7, 11) is 0. The second-order valence-corrected chi connectivity index (χ2v) is 6.17. The first-order valence-corrected chi connectivity index (χ1v) is 7.67. The standard InChI is InChI=1S/C14H18BrClN2O/c1-4-19-9(2)8-18-13-6-5-11(15)7-12(13)17-14(18)10(3)16/h5-7,9-10H,4,8H2,1-3H3. The van der Waals surface area contributed by atoms with Crippen molar-refractivity contribution in [3.63, 3.8) is 0 Å². The molecule has 0 N–H and O–H groups in total. The van der Waals surface area contributed by atoms with Crippen LogP contribution in [0.15, 0.2) is 22.7 Å². The van der Waals surface area contributed by atoms with Crippen LogP contribution in [0, 0.1) is 0 Å². The molecule has 0 aliphatic heterocycles. The predicted molar refractivity (Wildman–Crippen MR) is 82.8 cm³/mol. The summed E-state index contributed by atoms with van der Waals surface area (Å²) in [4.78, 5) is 4.63. The van der Waals surface area contributed by atoms with Gasteiger partial charge in [-0.05, 0) is 39.0 Å². The first-order chi connectivity index (χ1) is 9.02. The third-order valence-electron chi connectivity index (χ3n) is 2.99. The number of hydrogen-bond acceptors (Lipinski definition) is 2. The summed E-state index contributed by atoms with van der Waals surface area (Å²) in [6.07, 6.45) is 0.139. The summed E-state index contributed by atoms with van der Waals surface area (Å²) in [5, 5.41) is -0.125. The van der Waals surface area contributed by atoms with E-state index in [-0.39, 0.29) is 11.5 Å². The average molecular weight is 346 g/mol. The highest BCUT2D eigenvalue weighted by Crippen LogP contribution is 2.27. The zero-order valence-electron chi connectivity index (χ0n) is 11.4. The Labute approximate surface area is 127 Å². The summed E-state index contributed by atoms with van der Waals surface area (Å²) in [5.74, 6) is 0.890. The molecule has 0 bridgehead atoms. The van der Waals surface area contributed by atoms with Crippen LogP contribution in [-0.4, -0.2) is 22.3 Å².